The van der Waals surface area contributed by atoms with Crippen LogP contribution in [-0.2, 0) is 6.18 Å². The van der Waals surface area contributed by atoms with Crippen molar-refractivity contribution in [2.75, 3.05) is 18.5 Å². The Morgan fingerprint density at radius 2 is 1.87 bits per heavy atom. The lowest BCUT2D eigenvalue weighted by molar-refractivity contribution is -0.136. The predicted octanol–water partition coefficient (Wildman–Crippen LogP) is 3.46. The van der Waals surface area contributed by atoms with Crippen LogP contribution >= 0.6 is 0 Å². The van der Waals surface area contributed by atoms with Crippen molar-refractivity contribution in [2.45, 2.75) is 25.4 Å². The number of amidine groups is 1. The molecule has 0 radical (unpaired) electrons. The Hall–Kier alpha value is -2.56. The molecule has 1 saturated heterocycles. The SMILES string of the molecule is N#C/C(=N\Nc1ccccc1C(F)(F)F)C(=N)N1CCCCC1. The largest absolute Gasteiger partial charge is 0.418 e. The summed E-state index contributed by atoms with van der Waals surface area (Å²) < 4.78 is 38.7. The van der Waals surface area contributed by atoms with Crippen molar-refractivity contribution < 1.29 is 13.2 Å². The molecule has 0 amide bonds. The fourth-order valence-electron chi connectivity index (χ4n) is 2.34. The molecule has 1 heterocycles. The maximum Gasteiger partial charge on any atom is 0.418 e. The Bertz CT molecular complexity index is 639. The summed E-state index contributed by atoms with van der Waals surface area (Å²) in [7, 11) is 0. The lowest BCUT2D eigenvalue weighted by Crippen LogP contribution is -2.39. The summed E-state index contributed by atoms with van der Waals surface area (Å²) in [6.07, 6.45) is -1.61. The first-order valence-corrected chi connectivity index (χ1v) is 7.17. The van der Waals surface area contributed by atoms with Crippen molar-refractivity contribution >= 4 is 17.2 Å². The van der Waals surface area contributed by atoms with E-state index in [1.54, 1.807) is 11.0 Å². The zero-order chi connectivity index (χ0) is 16.9. The first kappa shape index (κ1) is 16.8. The topological polar surface area (TPSA) is 75.3 Å². The number of para-hydroxylation sites is 1. The highest BCUT2D eigenvalue weighted by Crippen LogP contribution is 2.34. The minimum Gasteiger partial charge on any atom is -0.355 e. The van der Waals surface area contributed by atoms with Gasteiger partial charge in [0.1, 0.15) is 6.07 Å². The Balaban J connectivity index is 2.17. The second-order valence-corrected chi connectivity index (χ2v) is 5.12. The highest BCUT2D eigenvalue weighted by atomic mass is 19.4. The Kier molecular flexibility index (Phi) is 5.21. The molecule has 0 spiro atoms. The van der Waals surface area contributed by atoms with Crippen molar-refractivity contribution in [3.05, 3.63) is 29.8 Å². The van der Waals surface area contributed by atoms with Crippen LogP contribution in [0.1, 0.15) is 24.8 Å². The molecule has 0 aliphatic carbocycles. The normalized spacial score (nSPS) is 15.9. The van der Waals surface area contributed by atoms with Crippen molar-refractivity contribution in [3.63, 3.8) is 0 Å². The average Bonchev–Trinajstić information content (AvgIpc) is 2.55. The third-order valence-corrected chi connectivity index (χ3v) is 3.52. The molecule has 122 valence electrons. The van der Waals surface area contributed by atoms with Gasteiger partial charge in [0, 0.05) is 13.1 Å². The Morgan fingerprint density at radius 1 is 1.22 bits per heavy atom. The average molecular weight is 323 g/mol. The summed E-state index contributed by atoms with van der Waals surface area (Å²) in [4.78, 5) is 1.71. The van der Waals surface area contributed by atoms with E-state index in [0.717, 1.165) is 25.3 Å². The number of halogens is 3. The maximum atomic E-state index is 12.9. The molecule has 5 nitrogen and oxygen atoms in total. The molecular formula is C15H16F3N5. The molecule has 0 bridgehead atoms. The molecule has 2 N–H and O–H groups in total. The van der Waals surface area contributed by atoms with Crippen LogP contribution in [0.25, 0.3) is 0 Å². The third-order valence-electron chi connectivity index (χ3n) is 3.52. The molecule has 0 saturated carbocycles. The summed E-state index contributed by atoms with van der Waals surface area (Å²) in [5.74, 6) is -0.0656. The molecule has 2 rings (SSSR count). The van der Waals surface area contributed by atoms with Gasteiger partial charge in [0.2, 0.25) is 5.71 Å². The van der Waals surface area contributed by atoms with E-state index < -0.39 is 11.7 Å². The number of alkyl halides is 3. The molecule has 1 aliphatic rings. The van der Waals surface area contributed by atoms with E-state index in [0.29, 0.717) is 13.1 Å². The quantitative estimate of drug-likeness (QED) is 0.508. The van der Waals surface area contributed by atoms with Crippen LogP contribution in [0, 0.1) is 16.7 Å². The first-order chi connectivity index (χ1) is 10.9. The van der Waals surface area contributed by atoms with Gasteiger partial charge in [-0.1, -0.05) is 12.1 Å². The molecule has 1 fully saturated rings. The number of piperidine rings is 1. The van der Waals surface area contributed by atoms with Crippen LogP contribution in [0.5, 0.6) is 0 Å². The molecule has 1 aromatic rings. The van der Waals surface area contributed by atoms with E-state index in [9.17, 15) is 13.2 Å². The molecule has 1 aromatic carbocycles. The molecule has 0 aromatic heterocycles. The van der Waals surface area contributed by atoms with Gasteiger partial charge in [-0.2, -0.15) is 23.5 Å². The number of likely N-dealkylation sites (tertiary alicyclic amines) is 1. The minimum absolute atomic E-state index is 0.0656. The second-order valence-electron chi connectivity index (χ2n) is 5.12. The standard InChI is InChI=1S/C15H16F3N5/c16-15(17,18)11-6-2-3-7-12(11)21-22-13(10-19)14(20)23-8-4-1-5-9-23/h2-3,6-7,20-21H,1,4-5,8-9H2/b20-14?,22-13+. The number of nitrogens with one attached hydrogen (secondary N) is 2. The molecule has 1 aliphatic heterocycles. The summed E-state index contributed by atoms with van der Waals surface area (Å²) in [5.41, 5.74) is 0.916. The zero-order valence-electron chi connectivity index (χ0n) is 12.3. The van der Waals surface area contributed by atoms with Gasteiger partial charge < -0.3 is 4.90 Å². The summed E-state index contributed by atoms with van der Waals surface area (Å²) in [6.45, 7) is 1.30. The zero-order valence-corrected chi connectivity index (χ0v) is 12.3. The lowest BCUT2D eigenvalue weighted by atomic mass is 10.1. The highest BCUT2D eigenvalue weighted by Gasteiger charge is 2.33. The van der Waals surface area contributed by atoms with E-state index >= 15 is 0 Å². The molecule has 0 atom stereocenters. The number of nitriles is 1. The number of rotatable bonds is 3. The van der Waals surface area contributed by atoms with Gasteiger partial charge in [0.05, 0.1) is 11.3 Å². The van der Waals surface area contributed by atoms with Crippen LogP contribution in [-0.4, -0.2) is 29.5 Å². The molecule has 0 unspecified atom stereocenters. The lowest BCUT2D eigenvalue weighted by Gasteiger charge is -2.28. The van der Waals surface area contributed by atoms with Crippen LogP contribution in [0.3, 0.4) is 0 Å². The second kappa shape index (κ2) is 7.13. The Morgan fingerprint density at radius 3 is 2.48 bits per heavy atom. The Labute approximate surface area is 131 Å². The summed E-state index contributed by atoms with van der Waals surface area (Å²) in [5, 5.41) is 20.8. The monoisotopic (exact) mass is 323 g/mol. The summed E-state index contributed by atoms with van der Waals surface area (Å²) in [6, 6.07) is 6.64. The fourth-order valence-corrected chi connectivity index (χ4v) is 2.34. The number of hydrogen-bond donors (Lipinski definition) is 2. The van der Waals surface area contributed by atoms with Crippen molar-refractivity contribution in [1.82, 2.24) is 4.90 Å². The number of benzene rings is 1. The minimum atomic E-state index is -4.52. The number of anilines is 1. The van der Waals surface area contributed by atoms with E-state index in [-0.39, 0.29) is 17.2 Å². The molecule has 23 heavy (non-hydrogen) atoms. The van der Waals surface area contributed by atoms with Gasteiger partial charge in [-0.05, 0) is 31.4 Å². The van der Waals surface area contributed by atoms with Gasteiger partial charge in [0.25, 0.3) is 0 Å². The van der Waals surface area contributed by atoms with E-state index in [2.05, 4.69) is 10.5 Å². The van der Waals surface area contributed by atoms with Gasteiger partial charge in [-0.15, -0.1) is 0 Å². The smallest absolute Gasteiger partial charge is 0.355 e. The van der Waals surface area contributed by atoms with E-state index in [1.165, 1.54) is 18.2 Å². The van der Waals surface area contributed by atoms with E-state index in [1.807, 2.05) is 0 Å². The van der Waals surface area contributed by atoms with Gasteiger partial charge in [-0.3, -0.25) is 10.8 Å². The number of hydrazone groups is 1. The van der Waals surface area contributed by atoms with Crippen molar-refractivity contribution in [2.24, 2.45) is 5.10 Å². The van der Waals surface area contributed by atoms with E-state index in [4.69, 9.17) is 10.7 Å². The van der Waals surface area contributed by atoms with Crippen LogP contribution in [0.4, 0.5) is 18.9 Å². The number of nitrogens with zero attached hydrogens (tertiary/aromatic N) is 3. The van der Waals surface area contributed by atoms with Gasteiger partial charge >= 0.3 is 6.18 Å². The molecular weight excluding hydrogens is 307 g/mol. The fraction of sp³-hybridized carbons (Fsp3) is 0.400. The summed E-state index contributed by atoms with van der Waals surface area (Å²) >= 11 is 0. The highest BCUT2D eigenvalue weighted by molar-refractivity contribution is 6.46. The third kappa shape index (κ3) is 4.22. The first-order valence-electron chi connectivity index (χ1n) is 7.17. The van der Waals surface area contributed by atoms with Crippen molar-refractivity contribution in [3.8, 4) is 6.07 Å². The maximum absolute atomic E-state index is 12.9. The van der Waals surface area contributed by atoms with Crippen LogP contribution < -0.4 is 5.43 Å². The predicted molar refractivity (Wildman–Crippen MR) is 81.3 cm³/mol. The van der Waals surface area contributed by atoms with Crippen LogP contribution in [0.2, 0.25) is 0 Å². The van der Waals surface area contributed by atoms with Gasteiger partial charge in [-0.25, -0.2) is 0 Å². The van der Waals surface area contributed by atoms with Gasteiger partial charge in [0.15, 0.2) is 5.84 Å². The molecule has 8 heteroatoms. The van der Waals surface area contributed by atoms with Crippen molar-refractivity contribution in [1.29, 1.82) is 10.7 Å². The van der Waals surface area contributed by atoms with Crippen LogP contribution in [0.15, 0.2) is 29.4 Å². The number of hydrogen-bond acceptors (Lipinski definition) is 4.